The molecule has 260 valence electrons. The van der Waals surface area contributed by atoms with Gasteiger partial charge in [0.2, 0.25) is 0 Å². The van der Waals surface area contributed by atoms with Crippen LogP contribution in [0.4, 0.5) is 17.1 Å². The van der Waals surface area contributed by atoms with E-state index >= 15 is 0 Å². The van der Waals surface area contributed by atoms with Crippen LogP contribution in [0, 0.1) is 6.92 Å². The van der Waals surface area contributed by atoms with E-state index in [1.807, 2.05) is 0 Å². The Morgan fingerprint density at radius 1 is 0.364 bits per heavy atom. The third-order valence-electron chi connectivity index (χ3n) is 10.9. The minimum Gasteiger partial charge on any atom is -0.310 e. The van der Waals surface area contributed by atoms with Crippen LogP contribution < -0.4 is 4.90 Å². The molecule has 0 atom stereocenters. The third kappa shape index (κ3) is 5.76. The van der Waals surface area contributed by atoms with Crippen molar-refractivity contribution in [1.82, 2.24) is 4.57 Å². The van der Waals surface area contributed by atoms with E-state index in [-0.39, 0.29) is 0 Å². The minimum atomic E-state index is 1.11. The molecular weight excluding hydrogens is 665 g/mol. The zero-order valence-electron chi connectivity index (χ0n) is 30.6. The Morgan fingerprint density at radius 3 is 1.64 bits per heavy atom. The Kier molecular flexibility index (Phi) is 8.08. The van der Waals surface area contributed by atoms with Crippen molar-refractivity contribution in [3.05, 3.63) is 218 Å². The van der Waals surface area contributed by atoms with Crippen LogP contribution in [0.15, 0.2) is 212 Å². The number of aryl methyl sites for hydroxylation is 1. The summed E-state index contributed by atoms with van der Waals surface area (Å²) < 4.78 is 2.47. The first-order valence-corrected chi connectivity index (χ1v) is 18.9. The van der Waals surface area contributed by atoms with E-state index in [1.54, 1.807) is 0 Å². The highest BCUT2D eigenvalue weighted by molar-refractivity contribution is 6.13. The van der Waals surface area contributed by atoms with E-state index in [9.17, 15) is 0 Å². The normalized spacial score (nSPS) is 11.4. The summed E-state index contributed by atoms with van der Waals surface area (Å²) >= 11 is 0. The molecule has 2 heteroatoms. The second kappa shape index (κ2) is 13.7. The van der Waals surface area contributed by atoms with Crippen LogP contribution in [0.2, 0.25) is 0 Å². The maximum absolute atomic E-state index is 2.47. The largest absolute Gasteiger partial charge is 0.310 e. The summed E-state index contributed by atoms with van der Waals surface area (Å²) in [5, 5.41) is 4.90. The van der Waals surface area contributed by atoms with Crippen molar-refractivity contribution in [1.29, 1.82) is 0 Å². The smallest absolute Gasteiger partial charge is 0.0562 e. The maximum atomic E-state index is 2.47. The van der Waals surface area contributed by atoms with Gasteiger partial charge in [0.05, 0.1) is 16.7 Å². The average Bonchev–Trinajstić information content (AvgIpc) is 3.58. The monoisotopic (exact) mass is 702 g/mol. The fourth-order valence-electron chi connectivity index (χ4n) is 8.28. The highest BCUT2D eigenvalue weighted by Crippen LogP contribution is 2.46. The van der Waals surface area contributed by atoms with Gasteiger partial charge in [0, 0.05) is 33.4 Å². The van der Waals surface area contributed by atoms with Crippen molar-refractivity contribution in [3.63, 3.8) is 0 Å². The van der Waals surface area contributed by atoms with Crippen LogP contribution in [0.5, 0.6) is 0 Å². The van der Waals surface area contributed by atoms with E-state index in [0.29, 0.717) is 0 Å². The van der Waals surface area contributed by atoms with E-state index in [1.165, 1.54) is 66.0 Å². The summed E-state index contributed by atoms with van der Waals surface area (Å²) in [7, 11) is 0. The third-order valence-corrected chi connectivity index (χ3v) is 10.9. The van der Waals surface area contributed by atoms with Gasteiger partial charge in [-0.15, -0.1) is 0 Å². The average molecular weight is 703 g/mol. The molecule has 9 aromatic carbocycles. The Hall–Kier alpha value is -7.16. The van der Waals surface area contributed by atoms with Crippen molar-refractivity contribution in [2.75, 3.05) is 4.90 Å². The molecule has 55 heavy (non-hydrogen) atoms. The summed E-state index contributed by atoms with van der Waals surface area (Å²) in [6, 6.07) is 77.0. The minimum absolute atomic E-state index is 1.11. The topological polar surface area (TPSA) is 8.17 Å². The van der Waals surface area contributed by atoms with Gasteiger partial charge in [0.1, 0.15) is 0 Å². The first-order valence-electron chi connectivity index (χ1n) is 18.9. The number of anilines is 3. The highest BCUT2D eigenvalue weighted by Gasteiger charge is 2.23. The maximum Gasteiger partial charge on any atom is 0.0562 e. The standard InChI is InChI=1S/C53H38N2/c1-37-17-11-13-25-45(37)49-35-50-47-27-15-16-28-51(47)55(53(50)36-52(49)54(42-21-7-3-8-22-42)43-23-9-4-10-24-43)44-33-41-20-12-14-26-46(41)48(34-44)40-31-29-39(30-32-40)38-18-5-2-6-19-38/h2-36H,1H3. The molecule has 1 heterocycles. The summed E-state index contributed by atoms with van der Waals surface area (Å²) in [6.07, 6.45) is 0. The molecule has 0 unspecified atom stereocenters. The fraction of sp³-hybridized carbons (Fsp3) is 0.0189. The number of hydrogen-bond acceptors (Lipinski definition) is 1. The quantitative estimate of drug-likeness (QED) is 0.160. The molecule has 0 aliphatic carbocycles. The molecule has 0 fully saturated rings. The molecule has 0 N–H and O–H groups in total. The lowest BCUT2D eigenvalue weighted by atomic mass is 9.95. The van der Waals surface area contributed by atoms with Crippen LogP contribution in [-0.2, 0) is 0 Å². The van der Waals surface area contributed by atoms with Crippen molar-refractivity contribution in [2.24, 2.45) is 0 Å². The number of hydrogen-bond donors (Lipinski definition) is 0. The predicted molar refractivity (Wildman–Crippen MR) is 234 cm³/mol. The van der Waals surface area contributed by atoms with Crippen LogP contribution in [-0.4, -0.2) is 4.57 Å². The molecule has 0 radical (unpaired) electrons. The Labute approximate surface area is 321 Å². The van der Waals surface area contributed by atoms with Gasteiger partial charge < -0.3 is 9.47 Å². The highest BCUT2D eigenvalue weighted by atomic mass is 15.1. The number of fused-ring (bicyclic) bond motifs is 4. The lowest BCUT2D eigenvalue weighted by molar-refractivity contribution is 1.18. The molecule has 0 saturated carbocycles. The number of benzene rings is 9. The molecule has 0 bridgehead atoms. The zero-order chi connectivity index (χ0) is 36.7. The summed E-state index contributed by atoms with van der Waals surface area (Å²) in [5.41, 5.74) is 15.3. The second-order valence-electron chi connectivity index (χ2n) is 14.2. The molecule has 2 nitrogen and oxygen atoms in total. The lowest BCUT2D eigenvalue weighted by Gasteiger charge is -2.28. The van der Waals surface area contributed by atoms with E-state index in [4.69, 9.17) is 0 Å². The van der Waals surface area contributed by atoms with Crippen molar-refractivity contribution >= 4 is 49.6 Å². The number of para-hydroxylation sites is 3. The van der Waals surface area contributed by atoms with Gasteiger partial charge in [0.15, 0.2) is 0 Å². The molecule has 0 spiro atoms. The van der Waals surface area contributed by atoms with E-state index in [2.05, 4.69) is 229 Å². The summed E-state index contributed by atoms with van der Waals surface area (Å²) in [5.74, 6) is 0. The van der Waals surface area contributed by atoms with Crippen molar-refractivity contribution < 1.29 is 0 Å². The summed E-state index contributed by atoms with van der Waals surface area (Å²) in [6.45, 7) is 2.21. The van der Waals surface area contributed by atoms with Crippen LogP contribution in [0.25, 0.3) is 71.6 Å². The number of nitrogens with zero attached hydrogens (tertiary/aromatic N) is 2. The van der Waals surface area contributed by atoms with Gasteiger partial charge in [-0.3, -0.25) is 0 Å². The van der Waals surface area contributed by atoms with Gasteiger partial charge in [-0.25, -0.2) is 0 Å². The molecule has 0 aliphatic rings. The Bertz CT molecular complexity index is 2920. The fourth-order valence-corrected chi connectivity index (χ4v) is 8.28. The molecule has 1 aromatic heterocycles. The van der Waals surface area contributed by atoms with Gasteiger partial charge >= 0.3 is 0 Å². The van der Waals surface area contributed by atoms with Gasteiger partial charge in [-0.05, 0) is 106 Å². The molecule has 0 aliphatic heterocycles. The second-order valence-corrected chi connectivity index (χ2v) is 14.2. The molecule has 10 aromatic rings. The van der Waals surface area contributed by atoms with Crippen LogP contribution in [0.3, 0.4) is 0 Å². The van der Waals surface area contributed by atoms with Crippen molar-refractivity contribution in [2.45, 2.75) is 6.92 Å². The van der Waals surface area contributed by atoms with Crippen LogP contribution >= 0.6 is 0 Å². The Morgan fingerprint density at radius 2 is 0.927 bits per heavy atom. The number of rotatable bonds is 7. The van der Waals surface area contributed by atoms with Gasteiger partial charge in [0.25, 0.3) is 0 Å². The van der Waals surface area contributed by atoms with Gasteiger partial charge in [-0.2, -0.15) is 0 Å². The van der Waals surface area contributed by atoms with E-state index < -0.39 is 0 Å². The first-order chi connectivity index (χ1) is 27.2. The lowest BCUT2D eigenvalue weighted by Crippen LogP contribution is -2.11. The molecule has 0 saturated heterocycles. The molecule has 0 amide bonds. The zero-order valence-corrected chi connectivity index (χ0v) is 30.6. The molecule has 10 rings (SSSR count). The van der Waals surface area contributed by atoms with Crippen molar-refractivity contribution in [3.8, 4) is 39.1 Å². The van der Waals surface area contributed by atoms with Crippen LogP contribution in [0.1, 0.15) is 5.56 Å². The number of aromatic nitrogens is 1. The van der Waals surface area contributed by atoms with E-state index in [0.717, 1.165) is 28.3 Å². The molecular formula is C53H38N2. The SMILES string of the molecule is Cc1ccccc1-c1cc2c3ccccc3n(-c3cc(-c4ccc(-c5ccccc5)cc4)c4ccccc4c3)c2cc1N(c1ccccc1)c1ccccc1. The first kappa shape index (κ1) is 32.5. The Balaban J connectivity index is 1.26. The predicted octanol–water partition coefficient (Wildman–Crippen LogP) is 14.7. The van der Waals surface area contributed by atoms with Gasteiger partial charge in [-0.1, -0.05) is 158 Å². The summed E-state index contributed by atoms with van der Waals surface area (Å²) in [4.78, 5) is 2.41.